The number of amides is 1. The van der Waals surface area contributed by atoms with Gasteiger partial charge in [0.2, 0.25) is 0 Å². The Morgan fingerprint density at radius 1 is 1.03 bits per heavy atom. The van der Waals surface area contributed by atoms with Gasteiger partial charge in [-0.15, -0.1) is 0 Å². The molecule has 1 N–H and O–H groups in total. The van der Waals surface area contributed by atoms with Gasteiger partial charge in [0.25, 0.3) is 11.7 Å². The zero-order chi connectivity index (χ0) is 22.8. The number of ether oxygens (including phenoxy) is 1. The van der Waals surface area contributed by atoms with E-state index >= 15 is 0 Å². The Morgan fingerprint density at radius 2 is 1.72 bits per heavy atom. The van der Waals surface area contributed by atoms with Gasteiger partial charge in [0.05, 0.1) is 23.2 Å². The molecule has 0 aromatic heterocycles. The molecule has 4 rings (SSSR count). The van der Waals surface area contributed by atoms with E-state index in [1.165, 1.54) is 4.90 Å². The van der Waals surface area contributed by atoms with E-state index < -0.39 is 17.7 Å². The number of halogens is 1. The summed E-state index contributed by atoms with van der Waals surface area (Å²) in [6, 6.07) is 20.5. The molecule has 0 spiro atoms. The van der Waals surface area contributed by atoms with Crippen LogP contribution in [0.25, 0.3) is 5.76 Å². The average molecular weight is 448 g/mol. The van der Waals surface area contributed by atoms with Crippen molar-refractivity contribution in [2.24, 2.45) is 0 Å². The third-order valence-electron chi connectivity index (χ3n) is 5.38. The van der Waals surface area contributed by atoms with Crippen LogP contribution < -0.4 is 9.64 Å². The summed E-state index contributed by atoms with van der Waals surface area (Å²) in [7, 11) is 0. The number of hydrogen-bond donors (Lipinski definition) is 1. The number of ketones is 1. The summed E-state index contributed by atoms with van der Waals surface area (Å²) in [5.74, 6) is -1.32. The lowest BCUT2D eigenvalue weighted by atomic mass is 9.95. The minimum absolute atomic E-state index is 0.0199. The lowest BCUT2D eigenvalue weighted by Crippen LogP contribution is -2.29. The van der Waals surface area contributed by atoms with Gasteiger partial charge >= 0.3 is 0 Å². The highest BCUT2D eigenvalue weighted by molar-refractivity contribution is 6.51. The van der Waals surface area contributed by atoms with Crippen molar-refractivity contribution in [1.82, 2.24) is 0 Å². The molecule has 1 amide bonds. The molecule has 1 atom stereocenters. The number of aliphatic hydroxyl groups excluding tert-OH is 1. The predicted octanol–water partition coefficient (Wildman–Crippen LogP) is 5.67. The fraction of sp³-hybridized carbons (Fsp3) is 0.154. The molecule has 5 nitrogen and oxygen atoms in total. The molecule has 162 valence electrons. The van der Waals surface area contributed by atoms with Gasteiger partial charge in [-0.25, -0.2) is 0 Å². The van der Waals surface area contributed by atoms with Gasteiger partial charge in [-0.05, 0) is 49.7 Å². The molecule has 1 fully saturated rings. The van der Waals surface area contributed by atoms with Crippen LogP contribution in [-0.2, 0) is 9.59 Å². The minimum atomic E-state index is -0.773. The van der Waals surface area contributed by atoms with E-state index in [2.05, 4.69) is 0 Å². The fourth-order valence-electron chi connectivity index (χ4n) is 3.83. The van der Waals surface area contributed by atoms with Gasteiger partial charge in [-0.1, -0.05) is 59.6 Å². The molecular weight excluding hydrogens is 426 g/mol. The van der Waals surface area contributed by atoms with E-state index in [-0.39, 0.29) is 11.3 Å². The van der Waals surface area contributed by atoms with Gasteiger partial charge in [-0.3, -0.25) is 14.5 Å². The lowest BCUT2D eigenvalue weighted by Gasteiger charge is -2.25. The van der Waals surface area contributed by atoms with E-state index in [1.807, 2.05) is 56.3 Å². The van der Waals surface area contributed by atoms with Crippen molar-refractivity contribution >= 4 is 34.7 Å². The molecule has 1 aliphatic rings. The van der Waals surface area contributed by atoms with Crippen molar-refractivity contribution in [2.75, 3.05) is 11.5 Å². The normalized spacial score (nSPS) is 17.6. The van der Waals surface area contributed by atoms with E-state index in [0.29, 0.717) is 34.2 Å². The molecule has 1 aliphatic heterocycles. The summed E-state index contributed by atoms with van der Waals surface area (Å²) in [4.78, 5) is 27.7. The molecule has 0 radical (unpaired) electrons. The molecule has 0 saturated carbocycles. The van der Waals surface area contributed by atoms with Crippen LogP contribution in [0, 0.1) is 6.92 Å². The smallest absolute Gasteiger partial charge is 0.300 e. The molecule has 1 heterocycles. The van der Waals surface area contributed by atoms with Crippen molar-refractivity contribution in [3.05, 3.63) is 100 Å². The highest BCUT2D eigenvalue weighted by atomic mass is 35.5. The first-order valence-electron chi connectivity index (χ1n) is 10.3. The minimum Gasteiger partial charge on any atom is -0.507 e. The van der Waals surface area contributed by atoms with Crippen LogP contribution >= 0.6 is 11.6 Å². The summed E-state index contributed by atoms with van der Waals surface area (Å²) < 4.78 is 5.52. The maximum Gasteiger partial charge on any atom is 0.300 e. The van der Waals surface area contributed by atoms with Gasteiger partial charge in [0, 0.05) is 11.3 Å². The van der Waals surface area contributed by atoms with Crippen LogP contribution in [0.1, 0.15) is 29.7 Å². The number of rotatable bonds is 5. The molecule has 0 bridgehead atoms. The Kier molecular flexibility index (Phi) is 6.01. The van der Waals surface area contributed by atoms with Crippen molar-refractivity contribution in [2.45, 2.75) is 19.9 Å². The maximum absolute atomic E-state index is 13.2. The number of benzene rings is 3. The summed E-state index contributed by atoms with van der Waals surface area (Å²) in [5.41, 5.74) is 2.70. The number of carbonyl (C=O) groups is 2. The largest absolute Gasteiger partial charge is 0.507 e. The molecule has 3 aromatic rings. The summed E-state index contributed by atoms with van der Waals surface area (Å²) in [5, 5.41) is 11.6. The van der Waals surface area contributed by atoms with E-state index in [1.54, 1.807) is 30.3 Å². The van der Waals surface area contributed by atoms with Crippen molar-refractivity contribution < 1.29 is 19.4 Å². The van der Waals surface area contributed by atoms with Gasteiger partial charge in [0.15, 0.2) is 0 Å². The summed E-state index contributed by atoms with van der Waals surface area (Å²) >= 11 is 6.18. The molecule has 32 heavy (non-hydrogen) atoms. The zero-order valence-corrected chi connectivity index (χ0v) is 18.5. The molecule has 0 aliphatic carbocycles. The second-order valence-corrected chi connectivity index (χ2v) is 7.90. The SMILES string of the molecule is CCOc1cc(/C(O)=C2/C(=O)C(=O)N(c3ccc(C)cc3)C2c2ccccc2)ccc1Cl. The quantitative estimate of drug-likeness (QED) is 0.310. The van der Waals surface area contributed by atoms with Crippen LogP contribution in [0.3, 0.4) is 0 Å². The number of Topliss-reactive ketones (excluding diaryl/α,β-unsaturated/α-hetero) is 1. The topological polar surface area (TPSA) is 66.8 Å². The monoisotopic (exact) mass is 447 g/mol. The van der Waals surface area contributed by atoms with Gasteiger partial charge in [-0.2, -0.15) is 0 Å². The average Bonchev–Trinajstić information content (AvgIpc) is 3.07. The van der Waals surface area contributed by atoms with Gasteiger partial charge in [0.1, 0.15) is 11.5 Å². The third kappa shape index (κ3) is 3.87. The zero-order valence-electron chi connectivity index (χ0n) is 17.7. The van der Waals surface area contributed by atoms with Crippen LogP contribution in [-0.4, -0.2) is 23.4 Å². The number of hydrogen-bond acceptors (Lipinski definition) is 4. The number of anilines is 1. The lowest BCUT2D eigenvalue weighted by molar-refractivity contribution is -0.132. The third-order valence-corrected chi connectivity index (χ3v) is 5.69. The Bertz CT molecular complexity index is 1200. The van der Waals surface area contributed by atoms with E-state index in [0.717, 1.165) is 5.56 Å². The standard InChI is InChI=1S/C26H22ClNO4/c1-3-32-21-15-18(11-14-20(21)27)24(29)22-23(17-7-5-4-6-8-17)28(26(31)25(22)30)19-12-9-16(2)10-13-19/h4-15,23,29H,3H2,1-2H3/b24-22-. The van der Waals surface area contributed by atoms with Gasteiger partial charge < -0.3 is 9.84 Å². The maximum atomic E-state index is 13.2. The number of nitrogens with zero attached hydrogens (tertiary/aromatic N) is 1. The van der Waals surface area contributed by atoms with E-state index in [9.17, 15) is 14.7 Å². The Balaban J connectivity index is 1.91. The highest BCUT2D eigenvalue weighted by Gasteiger charge is 2.46. The Labute approximate surface area is 191 Å². The number of aryl methyl sites for hydroxylation is 1. The molecule has 3 aromatic carbocycles. The predicted molar refractivity (Wildman–Crippen MR) is 125 cm³/mol. The van der Waals surface area contributed by atoms with Crippen molar-refractivity contribution in [3.63, 3.8) is 0 Å². The first-order chi connectivity index (χ1) is 15.4. The van der Waals surface area contributed by atoms with Crippen molar-refractivity contribution in [3.8, 4) is 5.75 Å². The van der Waals surface area contributed by atoms with Crippen LogP contribution in [0.15, 0.2) is 78.4 Å². The Hall–Kier alpha value is -3.57. The summed E-state index contributed by atoms with van der Waals surface area (Å²) in [6.07, 6.45) is 0. The molecule has 6 heteroatoms. The molecular formula is C26H22ClNO4. The summed E-state index contributed by atoms with van der Waals surface area (Å²) in [6.45, 7) is 4.17. The molecule has 1 saturated heterocycles. The fourth-order valence-corrected chi connectivity index (χ4v) is 4.00. The van der Waals surface area contributed by atoms with Crippen LogP contribution in [0.2, 0.25) is 5.02 Å². The van der Waals surface area contributed by atoms with Crippen LogP contribution in [0.5, 0.6) is 5.75 Å². The first-order valence-corrected chi connectivity index (χ1v) is 10.7. The van der Waals surface area contributed by atoms with E-state index in [4.69, 9.17) is 16.3 Å². The molecule has 1 unspecified atom stereocenters. The Morgan fingerprint density at radius 3 is 2.38 bits per heavy atom. The number of aliphatic hydroxyl groups is 1. The number of carbonyl (C=O) groups excluding carboxylic acids is 2. The van der Waals surface area contributed by atoms with Crippen molar-refractivity contribution in [1.29, 1.82) is 0 Å². The highest BCUT2D eigenvalue weighted by Crippen LogP contribution is 2.42. The first kappa shape index (κ1) is 21.7. The second-order valence-electron chi connectivity index (χ2n) is 7.49. The second kappa shape index (κ2) is 8.89. The van der Waals surface area contributed by atoms with Crippen LogP contribution in [0.4, 0.5) is 5.69 Å².